The van der Waals surface area contributed by atoms with E-state index >= 15 is 0 Å². The fourth-order valence-electron chi connectivity index (χ4n) is 3.17. The average Bonchev–Trinajstić information content (AvgIpc) is 3.01. The van der Waals surface area contributed by atoms with Crippen LogP contribution < -0.4 is 15.4 Å². The van der Waals surface area contributed by atoms with Gasteiger partial charge in [-0.3, -0.25) is 24.1 Å². The highest BCUT2D eigenvalue weighted by atomic mass is 16.5. The molecule has 156 valence electrons. The van der Waals surface area contributed by atoms with Gasteiger partial charge >= 0.3 is 0 Å². The molecule has 2 N–H and O–H groups in total. The lowest BCUT2D eigenvalue weighted by molar-refractivity contribution is -0.121. The Kier molecular flexibility index (Phi) is 6.79. The van der Waals surface area contributed by atoms with Gasteiger partial charge in [-0.05, 0) is 36.8 Å². The molecule has 1 aliphatic heterocycles. The fraction of sp³-hybridized carbons (Fsp3) is 0.273. The molecule has 3 rings (SSSR count). The summed E-state index contributed by atoms with van der Waals surface area (Å²) in [4.78, 5) is 49.8. The lowest BCUT2D eigenvalue weighted by Gasteiger charge is -2.13. The Labute approximate surface area is 174 Å². The number of nitrogens with zero attached hydrogens (tertiary/aromatic N) is 1. The number of ether oxygens (including phenoxy) is 1. The zero-order valence-corrected chi connectivity index (χ0v) is 16.6. The van der Waals surface area contributed by atoms with Gasteiger partial charge in [0.05, 0.1) is 18.2 Å². The monoisotopic (exact) mass is 409 g/mol. The quantitative estimate of drug-likeness (QED) is 0.484. The molecule has 1 aliphatic rings. The van der Waals surface area contributed by atoms with Gasteiger partial charge in [-0.25, -0.2) is 0 Å². The van der Waals surface area contributed by atoms with Crippen LogP contribution in [0.2, 0.25) is 0 Å². The third-order valence-corrected chi connectivity index (χ3v) is 4.73. The van der Waals surface area contributed by atoms with E-state index in [0.29, 0.717) is 28.9 Å². The Morgan fingerprint density at radius 1 is 0.933 bits per heavy atom. The standard InChI is InChI=1S/C22H23N3O5/c1-30-16-7-4-6-15(14-16)20(27)24-12-11-23-19(26)10-5-13-25-21(28)17-8-2-3-9-18(17)22(25)29/h2-4,6-9,14H,5,10-13H2,1H3,(H,23,26)(H,24,27). The van der Waals surface area contributed by atoms with Gasteiger partial charge in [0, 0.05) is 31.6 Å². The summed E-state index contributed by atoms with van der Waals surface area (Å²) in [6.07, 6.45) is 0.546. The van der Waals surface area contributed by atoms with Crippen molar-refractivity contribution in [1.29, 1.82) is 0 Å². The van der Waals surface area contributed by atoms with E-state index in [1.807, 2.05) is 0 Å². The Morgan fingerprint density at radius 2 is 1.60 bits per heavy atom. The highest BCUT2D eigenvalue weighted by molar-refractivity contribution is 6.21. The summed E-state index contributed by atoms with van der Waals surface area (Å²) < 4.78 is 5.09. The zero-order valence-electron chi connectivity index (χ0n) is 16.6. The van der Waals surface area contributed by atoms with Crippen molar-refractivity contribution in [3.8, 4) is 5.75 Å². The summed E-state index contributed by atoms with van der Waals surface area (Å²) in [5.74, 6) is -0.516. The second-order valence-corrected chi connectivity index (χ2v) is 6.75. The first-order valence-corrected chi connectivity index (χ1v) is 9.65. The molecule has 0 radical (unpaired) electrons. The maximum absolute atomic E-state index is 12.3. The van der Waals surface area contributed by atoms with Crippen molar-refractivity contribution in [2.45, 2.75) is 12.8 Å². The van der Waals surface area contributed by atoms with Crippen LogP contribution in [0.3, 0.4) is 0 Å². The van der Waals surface area contributed by atoms with Crippen molar-refractivity contribution >= 4 is 23.6 Å². The third-order valence-electron chi connectivity index (χ3n) is 4.73. The zero-order chi connectivity index (χ0) is 21.5. The van der Waals surface area contributed by atoms with E-state index in [0.717, 1.165) is 0 Å². The molecular weight excluding hydrogens is 386 g/mol. The van der Waals surface area contributed by atoms with Gasteiger partial charge in [0.15, 0.2) is 0 Å². The summed E-state index contributed by atoms with van der Waals surface area (Å²) in [6.45, 7) is 0.744. The molecule has 0 saturated carbocycles. The van der Waals surface area contributed by atoms with Crippen LogP contribution in [0.15, 0.2) is 48.5 Å². The Balaban J connectivity index is 1.34. The average molecular weight is 409 g/mol. The Bertz CT molecular complexity index is 938. The van der Waals surface area contributed by atoms with Crippen LogP contribution in [-0.4, -0.2) is 55.3 Å². The number of rotatable bonds is 9. The highest BCUT2D eigenvalue weighted by Crippen LogP contribution is 2.22. The second kappa shape index (κ2) is 9.69. The Morgan fingerprint density at radius 3 is 2.27 bits per heavy atom. The van der Waals surface area contributed by atoms with Crippen LogP contribution in [0.1, 0.15) is 43.9 Å². The number of imide groups is 1. The molecule has 0 bridgehead atoms. The molecule has 30 heavy (non-hydrogen) atoms. The number of fused-ring (bicyclic) bond motifs is 1. The SMILES string of the molecule is COc1cccc(C(=O)NCCNC(=O)CCCN2C(=O)c3ccccc3C2=O)c1. The Hall–Kier alpha value is -3.68. The minimum Gasteiger partial charge on any atom is -0.497 e. The van der Waals surface area contributed by atoms with Crippen LogP contribution in [0, 0.1) is 0 Å². The minimum absolute atomic E-state index is 0.178. The number of hydrogen-bond donors (Lipinski definition) is 2. The number of carbonyl (C=O) groups is 4. The molecule has 0 atom stereocenters. The summed E-state index contributed by atoms with van der Waals surface area (Å²) in [6, 6.07) is 13.5. The largest absolute Gasteiger partial charge is 0.497 e. The molecule has 4 amide bonds. The van der Waals surface area contributed by atoms with Crippen molar-refractivity contribution in [2.24, 2.45) is 0 Å². The molecule has 0 saturated heterocycles. The molecule has 2 aromatic rings. The predicted octanol–water partition coefficient (Wildman–Crippen LogP) is 1.62. The lowest BCUT2D eigenvalue weighted by atomic mass is 10.1. The second-order valence-electron chi connectivity index (χ2n) is 6.75. The molecule has 0 aliphatic carbocycles. The van der Waals surface area contributed by atoms with E-state index < -0.39 is 0 Å². The summed E-state index contributed by atoms with van der Waals surface area (Å²) >= 11 is 0. The maximum Gasteiger partial charge on any atom is 0.261 e. The van der Waals surface area contributed by atoms with Crippen LogP contribution in [-0.2, 0) is 4.79 Å². The van der Waals surface area contributed by atoms with Crippen molar-refractivity contribution in [1.82, 2.24) is 15.5 Å². The molecule has 8 heteroatoms. The first-order chi connectivity index (χ1) is 14.5. The number of hydrogen-bond acceptors (Lipinski definition) is 5. The topological polar surface area (TPSA) is 105 Å². The van der Waals surface area contributed by atoms with E-state index in [-0.39, 0.29) is 49.7 Å². The van der Waals surface area contributed by atoms with Crippen LogP contribution in [0.25, 0.3) is 0 Å². The fourth-order valence-corrected chi connectivity index (χ4v) is 3.17. The van der Waals surface area contributed by atoms with Gasteiger partial charge in [-0.15, -0.1) is 0 Å². The van der Waals surface area contributed by atoms with Gasteiger partial charge in [-0.2, -0.15) is 0 Å². The van der Waals surface area contributed by atoms with Gasteiger partial charge in [0.25, 0.3) is 17.7 Å². The summed E-state index contributed by atoms with van der Waals surface area (Å²) in [7, 11) is 1.53. The third kappa shape index (κ3) is 4.83. The highest BCUT2D eigenvalue weighted by Gasteiger charge is 2.34. The van der Waals surface area contributed by atoms with Crippen LogP contribution >= 0.6 is 0 Å². The van der Waals surface area contributed by atoms with Crippen molar-refractivity contribution < 1.29 is 23.9 Å². The number of amides is 4. The van der Waals surface area contributed by atoms with Gasteiger partial charge in [-0.1, -0.05) is 18.2 Å². The first-order valence-electron chi connectivity index (χ1n) is 9.65. The summed E-state index contributed by atoms with van der Waals surface area (Å²) in [5, 5.41) is 5.43. The van der Waals surface area contributed by atoms with E-state index in [4.69, 9.17) is 4.74 Å². The van der Waals surface area contributed by atoms with Crippen molar-refractivity contribution in [2.75, 3.05) is 26.7 Å². The number of carbonyl (C=O) groups excluding carboxylic acids is 4. The molecule has 1 heterocycles. The summed E-state index contributed by atoms with van der Waals surface area (Å²) in [5.41, 5.74) is 1.28. The van der Waals surface area contributed by atoms with Crippen LogP contribution in [0.5, 0.6) is 5.75 Å². The molecule has 0 fully saturated rings. The van der Waals surface area contributed by atoms with E-state index in [9.17, 15) is 19.2 Å². The number of nitrogens with one attached hydrogen (secondary N) is 2. The maximum atomic E-state index is 12.3. The van der Waals surface area contributed by atoms with E-state index in [1.54, 1.807) is 48.5 Å². The van der Waals surface area contributed by atoms with Crippen LogP contribution in [0.4, 0.5) is 0 Å². The van der Waals surface area contributed by atoms with E-state index in [1.165, 1.54) is 12.0 Å². The molecule has 0 spiro atoms. The smallest absolute Gasteiger partial charge is 0.261 e. The minimum atomic E-state index is -0.323. The van der Waals surface area contributed by atoms with Crippen molar-refractivity contribution in [3.63, 3.8) is 0 Å². The van der Waals surface area contributed by atoms with E-state index in [2.05, 4.69) is 10.6 Å². The molecule has 8 nitrogen and oxygen atoms in total. The van der Waals surface area contributed by atoms with Gasteiger partial charge < -0.3 is 15.4 Å². The lowest BCUT2D eigenvalue weighted by Crippen LogP contribution is -2.35. The van der Waals surface area contributed by atoms with Gasteiger partial charge in [0.2, 0.25) is 5.91 Å². The molecule has 0 aromatic heterocycles. The molecule has 2 aromatic carbocycles. The van der Waals surface area contributed by atoms with Gasteiger partial charge in [0.1, 0.15) is 5.75 Å². The van der Waals surface area contributed by atoms with Crippen molar-refractivity contribution in [3.05, 3.63) is 65.2 Å². The predicted molar refractivity (Wildman–Crippen MR) is 109 cm³/mol. The number of benzene rings is 2. The molecular formula is C22H23N3O5. The normalized spacial score (nSPS) is 12.5. The first kappa shape index (κ1) is 21.0. The molecule has 0 unspecified atom stereocenters. The number of methoxy groups -OCH3 is 1.